The number of hydrogen-bond acceptors (Lipinski definition) is 6. The molecule has 2 atom stereocenters. The molecule has 0 aliphatic rings. The summed E-state index contributed by atoms with van der Waals surface area (Å²) in [6, 6.07) is 25.2. The van der Waals surface area contributed by atoms with Crippen LogP contribution in [0.1, 0.15) is 31.8 Å². The molecular formula is C30H25NO7. The molecule has 0 unspecified atom stereocenters. The van der Waals surface area contributed by atoms with Gasteiger partial charge in [-0.05, 0) is 49.6 Å². The molecule has 1 amide bonds. The van der Waals surface area contributed by atoms with Crippen LogP contribution in [-0.2, 0) is 19.1 Å². The third-order valence-electron chi connectivity index (χ3n) is 5.80. The molecule has 192 valence electrons. The molecule has 8 heteroatoms. The van der Waals surface area contributed by atoms with E-state index in [-0.39, 0.29) is 11.1 Å². The van der Waals surface area contributed by atoms with Gasteiger partial charge in [-0.1, -0.05) is 71.8 Å². The Bertz CT molecular complexity index is 1520. The van der Waals surface area contributed by atoms with E-state index in [0.717, 1.165) is 16.5 Å². The van der Waals surface area contributed by atoms with Gasteiger partial charge in [0, 0.05) is 11.1 Å². The Morgan fingerprint density at radius 1 is 0.684 bits per heavy atom. The van der Waals surface area contributed by atoms with Crippen LogP contribution in [0.4, 0.5) is 5.69 Å². The number of carbonyl (C=O) groups excluding carboxylic acids is 3. The minimum Gasteiger partial charge on any atom is -0.478 e. The zero-order valence-electron chi connectivity index (χ0n) is 20.7. The number of hydrogen-bond donors (Lipinski definition) is 2. The van der Waals surface area contributed by atoms with Gasteiger partial charge in [-0.15, -0.1) is 0 Å². The van der Waals surface area contributed by atoms with Gasteiger partial charge >= 0.3 is 17.9 Å². The first-order valence-corrected chi connectivity index (χ1v) is 11.8. The summed E-state index contributed by atoms with van der Waals surface area (Å²) in [6.45, 7) is 3.53. The standard InChI is InChI=1S/C30H25NO7/c1-18-8-5-12-21(16-18)29(35)37-25(26(28(33)34)38-30(36)22-13-6-9-19(2)17-22)27(32)31-24-15-7-11-20-10-3-4-14-23(20)24/h3-17,25-26H,1-2H3,(H,31,32)(H,33,34)/t25-,26+/m0/s1. The average molecular weight is 512 g/mol. The minimum atomic E-state index is -2.12. The van der Waals surface area contributed by atoms with Gasteiger partial charge in [-0.3, -0.25) is 4.79 Å². The van der Waals surface area contributed by atoms with E-state index < -0.39 is 36.0 Å². The molecule has 4 aromatic carbocycles. The summed E-state index contributed by atoms with van der Waals surface area (Å²) in [5.74, 6) is -4.53. The number of carbonyl (C=O) groups is 4. The smallest absolute Gasteiger partial charge is 0.349 e. The van der Waals surface area contributed by atoms with Crippen LogP contribution < -0.4 is 5.32 Å². The van der Waals surface area contributed by atoms with Crippen LogP contribution in [0.2, 0.25) is 0 Å². The molecule has 0 aliphatic carbocycles. The molecule has 0 radical (unpaired) electrons. The summed E-state index contributed by atoms with van der Waals surface area (Å²) in [6.07, 6.45) is -4.11. The van der Waals surface area contributed by atoms with Crippen molar-refractivity contribution in [3.8, 4) is 0 Å². The number of ether oxygens (including phenoxy) is 2. The van der Waals surface area contributed by atoms with E-state index in [0.29, 0.717) is 11.1 Å². The molecular weight excluding hydrogens is 486 g/mol. The number of aryl methyl sites for hydroxylation is 2. The Balaban J connectivity index is 1.68. The molecule has 0 aliphatic heterocycles. The number of nitrogens with one attached hydrogen (secondary N) is 1. The summed E-state index contributed by atoms with van der Waals surface area (Å²) in [5, 5.41) is 14.1. The lowest BCUT2D eigenvalue weighted by Gasteiger charge is -2.24. The minimum absolute atomic E-state index is 0.0921. The van der Waals surface area contributed by atoms with Gasteiger partial charge in [0.15, 0.2) is 0 Å². The lowest BCUT2D eigenvalue weighted by atomic mass is 10.1. The second-order valence-corrected chi connectivity index (χ2v) is 8.74. The van der Waals surface area contributed by atoms with E-state index >= 15 is 0 Å². The Kier molecular flexibility index (Phi) is 7.82. The Labute approximate surface area is 218 Å². The van der Waals surface area contributed by atoms with Crippen molar-refractivity contribution in [3.63, 3.8) is 0 Å². The molecule has 0 bridgehead atoms. The van der Waals surface area contributed by atoms with Gasteiger partial charge < -0.3 is 19.9 Å². The Morgan fingerprint density at radius 2 is 1.21 bits per heavy atom. The topological polar surface area (TPSA) is 119 Å². The third-order valence-corrected chi connectivity index (χ3v) is 5.80. The second-order valence-electron chi connectivity index (χ2n) is 8.74. The zero-order valence-corrected chi connectivity index (χ0v) is 20.7. The average Bonchev–Trinajstić information content (AvgIpc) is 2.90. The van der Waals surface area contributed by atoms with Gasteiger partial charge in [0.05, 0.1) is 11.1 Å². The molecule has 0 heterocycles. The third kappa shape index (κ3) is 6.04. The second kappa shape index (κ2) is 11.4. The van der Waals surface area contributed by atoms with Gasteiger partial charge in [0.1, 0.15) is 0 Å². The van der Waals surface area contributed by atoms with Crippen molar-refractivity contribution in [2.75, 3.05) is 5.32 Å². The summed E-state index contributed by atoms with van der Waals surface area (Å²) in [5.41, 5.74) is 2.09. The van der Waals surface area contributed by atoms with Gasteiger partial charge in [-0.25, -0.2) is 14.4 Å². The summed E-state index contributed by atoms with van der Waals surface area (Å²) in [7, 11) is 0. The largest absolute Gasteiger partial charge is 0.478 e. The van der Waals surface area contributed by atoms with Crippen LogP contribution in [0.3, 0.4) is 0 Å². The van der Waals surface area contributed by atoms with Crippen molar-refractivity contribution in [1.82, 2.24) is 0 Å². The molecule has 4 aromatic rings. The molecule has 8 nitrogen and oxygen atoms in total. The summed E-state index contributed by atoms with van der Waals surface area (Å²) < 4.78 is 10.7. The first-order valence-electron chi connectivity index (χ1n) is 11.8. The maximum Gasteiger partial charge on any atom is 0.349 e. The number of esters is 2. The number of amides is 1. The molecule has 0 saturated heterocycles. The van der Waals surface area contributed by atoms with Crippen LogP contribution >= 0.6 is 0 Å². The maximum absolute atomic E-state index is 13.5. The molecule has 0 saturated carbocycles. The van der Waals surface area contributed by atoms with E-state index in [1.54, 1.807) is 62.4 Å². The summed E-state index contributed by atoms with van der Waals surface area (Å²) in [4.78, 5) is 51.5. The zero-order chi connectivity index (χ0) is 27.2. The monoisotopic (exact) mass is 511 g/mol. The lowest BCUT2D eigenvalue weighted by Crippen LogP contribution is -2.48. The van der Waals surface area contributed by atoms with Crippen LogP contribution in [0.25, 0.3) is 10.8 Å². The van der Waals surface area contributed by atoms with E-state index in [9.17, 15) is 24.3 Å². The summed E-state index contributed by atoms with van der Waals surface area (Å²) >= 11 is 0. The van der Waals surface area contributed by atoms with Crippen molar-refractivity contribution >= 4 is 40.3 Å². The number of anilines is 1. The first kappa shape index (κ1) is 26.1. The van der Waals surface area contributed by atoms with Crippen molar-refractivity contribution in [3.05, 3.63) is 113 Å². The number of benzene rings is 4. The molecule has 4 rings (SSSR count). The number of aliphatic carboxylic acids is 1. The van der Waals surface area contributed by atoms with Crippen LogP contribution in [0.15, 0.2) is 91.0 Å². The maximum atomic E-state index is 13.5. The highest BCUT2D eigenvalue weighted by Gasteiger charge is 2.41. The fourth-order valence-electron chi connectivity index (χ4n) is 3.94. The SMILES string of the molecule is Cc1cccc(C(=O)O[C@H](C(=O)Nc2cccc3ccccc23)[C@@H](OC(=O)c2cccc(C)c2)C(=O)O)c1. The highest BCUT2D eigenvalue weighted by Crippen LogP contribution is 2.24. The molecule has 0 aromatic heterocycles. The number of fused-ring (bicyclic) bond motifs is 1. The van der Waals surface area contributed by atoms with Crippen molar-refractivity contribution < 1.29 is 33.8 Å². The highest BCUT2D eigenvalue weighted by atomic mass is 16.6. The lowest BCUT2D eigenvalue weighted by molar-refractivity contribution is -0.157. The predicted molar refractivity (Wildman–Crippen MR) is 141 cm³/mol. The fraction of sp³-hybridized carbons (Fsp3) is 0.133. The first-order chi connectivity index (χ1) is 18.2. The van der Waals surface area contributed by atoms with E-state index in [1.807, 2.05) is 18.2 Å². The van der Waals surface area contributed by atoms with E-state index in [1.165, 1.54) is 24.3 Å². The number of rotatable bonds is 8. The van der Waals surface area contributed by atoms with Gasteiger partial charge in [-0.2, -0.15) is 0 Å². The van der Waals surface area contributed by atoms with Crippen LogP contribution in [-0.4, -0.2) is 41.1 Å². The quantitative estimate of drug-likeness (QED) is 0.322. The molecule has 0 spiro atoms. The van der Waals surface area contributed by atoms with Gasteiger partial charge in [0.2, 0.25) is 12.2 Å². The van der Waals surface area contributed by atoms with Gasteiger partial charge in [0.25, 0.3) is 5.91 Å². The van der Waals surface area contributed by atoms with Crippen LogP contribution in [0.5, 0.6) is 0 Å². The molecule has 38 heavy (non-hydrogen) atoms. The number of carboxylic acids is 1. The van der Waals surface area contributed by atoms with Crippen molar-refractivity contribution in [2.24, 2.45) is 0 Å². The van der Waals surface area contributed by atoms with E-state index in [4.69, 9.17) is 9.47 Å². The molecule has 0 fully saturated rings. The van der Waals surface area contributed by atoms with E-state index in [2.05, 4.69) is 5.32 Å². The number of carboxylic acid groups (broad SMARTS) is 1. The normalized spacial score (nSPS) is 12.3. The predicted octanol–water partition coefficient (Wildman–Crippen LogP) is 4.93. The molecule has 2 N–H and O–H groups in total. The van der Waals surface area contributed by atoms with Crippen molar-refractivity contribution in [2.45, 2.75) is 26.1 Å². The van der Waals surface area contributed by atoms with Crippen LogP contribution in [0, 0.1) is 13.8 Å². The Hall–Kier alpha value is -4.98. The van der Waals surface area contributed by atoms with Crippen molar-refractivity contribution in [1.29, 1.82) is 0 Å². The highest BCUT2D eigenvalue weighted by molar-refractivity contribution is 6.06. The Morgan fingerprint density at radius 3 is 1.79 bits per heavy atom. The fourth-order valence-corrected chi connectivity index (χ4v) is 3.94.